The van der Waals surface area contributed by atoms with Gasteiger partial charge in [-0.2, -0.15) is 10.1 Å². The quantitative estimate of drug-likeness (QED) is 0.786. The van der Waals surface area contributed by atoms with E-state index in [1.165, 1.54) is 6.20 Å². The van der Waals surface area contributed by atoms with Crippen LogP contribution in [0.2, 0.25) is 0 Å². The van der Waals surface area contributed by atoms with Gasteiger partial charge >= 0.3 is 5.69 Å². The second-order valence-electron chi connectivity index (χ2n) is 6.22. The minimum atomic E-state index is -0.777. The molecule has 0 bridgehead atoms. The number of aryl methyl sites for hydroxylation is 2. The lowest BCUT2D eigenvalue weighted by molar-refractivity contribution is -0.119. The van der Waals surface area contributed by atoms with Gasteiger partial charge in [0.1, 0.15) is 6.04 Å². The number of rotatable bonds is 4. The van der Waals surface area contributed by atoms with Gasteiger partial charge in [-0.25, -0.2) is 9.48 Å². The van der Waals surface area contributed by atoms with Crippen molar-refractivity contribution in [3.63, 3.8) is 0 Å². The van der Waals surface area contributed by atoms with Gasteiger partial charge in [0.15, 0.2) is 0 Å². The predicted molar refractivity (Wildman–Crippen MR) is 101 cm³/mol. The number of anilines is 1. The minimum absolute atomic E-state index is 0.319. The van der Waals surface area contributed by atoms with Gasteiger partial charge in [0.05, 0.1) is 11.9 Å². The van der Waals surface area contributed by atoms with Crippen molar-refractivity contribution in [1.29, 1.82) is 0 Å². The van der Waals surface area contributed by atoms with Crippen molar-refractivity contribution in [1.82, 2.24) is 14.8 Å². The Bertz CT molecular complexity index is 996. The number of benzene rings is 2. The van der Waals surface area contributed by atoms with Gasteiger partial charge in [-0.05, 0) is 32.4 Å². The van der Waals surface area contributed by atoms with Gasteiger partial charge in [0.25, 0.3) is 0 Å². The van der Waals surface area contributed by atoms with Crippen LogP contribution in [0, 0.1) is 13.8 Å². The molecule has 0 spiro atoms. The monoisotopic (exact) mass is 348 g/mol. The van der Waals surface area contributed by atoms with Gasteiger partial charge in [0.2, 0.25) is 5.91 Å². The molecule has 0 radical (unpaired) electrons. The Labute approximate surface area is 151 Å². The first-order valence-electron chi connectivity index (χ1n) is 8.35. The molecule has 1 N–H and O–H groups in total. The Balaban J connectivity index is 1.82. The standard InChI is InChI=1S/C20H20N4O2/c1-13-9-10-17(14(2)11-13)22-19(25)15(3)24-20(26)23-18(12-21-24)16-7-5-4-6-8-16/h4-12,15H,1-3H3,(H,22,25). The molecule has 1 unspecified atom stereocenters. The molecule has 1 aromatic heterocycles. The average Bonchev–Trinajstić information content (AvgIpc) is 2.64. The fraction of sp³-hybridized carbons (Fsp3) is 0.200. The summed E-state index contributed by atoms with van der Waals surface area (Å²) < 4.78 is 1.09. The zero-order chi connectivity index (χ0) is 18.7. The number of hydrogen-bond acceptors (Lipinski definition) is 4. The van der Waals surface area contributed by atoms with E-state index in [4.69, 9.17) is 0 Å². The lowest BCUT2D eigenvalue weighted by Gasteiger charge is -2.15. The van der Waals surface area contributed by atoms with Gasteiger partial charge < -0.3 is 5.32 Å². The highest BCUT2D eigenvalue weighted by Gasteiger charge is 2.19. The van der Waals surface area contributed by atoms with E-state index in [9.17, 15) is 9.59 Å². The average molecular weight is 348 g/mol. The summed E-state index contributed by atoms with van der Waals surface area (Å²) in [5.74, 6) is -0.319. The molecule has 0 aliphatic carbocycles. The second-order valence-corrected chi connectivity index (χ2v) is 6.22. The number of nitrogens with zero attached hydrogens (tertiary/aromatic N) is 3. The van der Waals surface area contributed by atoms with Crippen LogP contribution >= 0.6 is 0 Å². The maximum absolute atomic E-state index is 12.5. The molecule has 3 rings (SSSR count). The van der Waals surface area contributed by atoms with E-state index in [0.29, 0.717) is 5.69 Å². The molecule has 0 saturated carbocycles. The van der Waals surface area contributed by atoms with Crippen LogP contribution in [0.5, 0.6) is 0 Å². The highest BCUT2D eigenvalue weighted by atomic mass is 16.2. The van der Waals surface area contributed by atoms with Crippen molar-refractivity contribution in [3.8, 4) is 11.3 Å². The van der Waals surface area contributed by atoms with Crippen LogP contribution in [-0.4, -0.2) is 20.7 Å². The highest BCUT2D eigenvalue weighted by Crippen LogP contribution is 2.18. The Morgan fingerprint density at radius 2 is 1.85 bits per heavy atom. The molecule has 0 aliphatic heterocycles. The predicted octanol–water partition coefficient (Wildman–Crippen LogP) is 3.12. The number of nitrogens with one attached hydrogen (secondary N) is 1. The van der Waals surface area contributed by atoms with Crippen molar-refractivity contribution in [3.05, 3.63) is 76.3 Å². The van der Waals surface area contributed by atoms with Crippen LogP contribution in [-0.2, 0) is 4.79 Å². The summed E-state index contributed by atoms with van der Waals surface area (Å²) in [5, 5.41) is 6.98. The Morgan fingerprint density at radius 1 is 1.12 bits per heavy atom. The lowest BCUT2D eigenvalue weighted by Crippen LogP contribution is -2.35. The fourth-order valence-corrected chi connectivity index (χ4v) is 2.67. The first-order valence-corrected chi connectivity index (χ1v) is 8.35. The molecule has 2 aromatic carbocycles. The maximum Gasteiger partial charge on any atom is 0.365 e. The number of carbonyl (C=O) groups excluding carboxylic acids is 1. The van der Waals surface area contributed by atoms with E-state index >= 15 is 0 Å². The lowest BCUT2D eigenvalue weighted by atomic mass is 10.1. The van der Waals surface area contributed by atoms with Crippen LogP contribution < -0.4 is 11.0 Å². The molecule has 1 heterocycles. The number of amides is 1. The van der Waals surface area contributed by atoms with Crippen LogP contribution in [0.1, 0.15) is 24.1 Å². The smallest absolute Gasteiger partial charge is 0.324 e. The molecule has 132 valence electrons. The van der Waals surface area contributed by atoms with Crippen LogP contribution in [0.15, 0.2) is 59.5 Å². The summed E-state index contributed by atoms with van der Waals surface area (Å²) in [5.41, 5.74) is 3.52. The zero-order valence-corrected chi connectivity index (χ0v) is 14.9. The molecule has 1 atom stereocenters. The number of aromatic nitrogens is 3. The van der Waals surface area contributed by atoms with E-state index in [0.717, 1.165) is 27.1 Å². The molecule has 0 saturated heterocycles. The summed E-state index contributed by atoms with van der Waals surface area (Å²) in [6.07, 6.45) is 1.50. The molecular formula is C20H20N4O2. The summed E-state index contributed by atoms with van der Waals surface area (Å²) in [4.78, 5) is 28.9. The minimum Gasteiger partial charge on any atom is -0.324 e. The molecular weight excluding hydrogens is 328 g/mol. The first-order chi connectivity index (χ1) is 12.5. The van der Waals surface area contributed by atoms with Crippen molar-refractivity contribution in [2.45, 2.75) is 26.8 Å². The van der Waals surface area contributed by atoms with E-state index in [1.807, 2.05) is 62.4 Å². The second kappa shape index (κ2) is 7.31. The van der Waals surface area contributed by atoms with Gasteiger partial charge in [-0.3, -0.25) is 4.79 Å². The van der Waals surface area contributed by atoms with E-state index in [1.54, 1.807) is 6.92 Å². The Kier molecular flexibility index (Phi) is 4.93. The molecule has 1 amide bonds. The van der Waals surface area contributed by atoms with Gasteiger partial charge in [-0.15, -0.1) is 0 Å². The van der Waals surface area contributed by atoms with Crippen molar-refractivity contribution >= 4 is 11.6 Å². The van der Waals surface area contributed by atoms with Crippen LogP contribution in [0.25, 0.3) is 11.3 Å². The third-order valence-electron chi connectivity index (χ3n) is 4.17. The van der Waals surface area contributed by atoms with E-state index < -0.39 is 11.7 Å². The summed E-state index contributed by atoms with van der Waals surface area (Å²) >= 11 is 0. The summed E-state index contributed by atoms with van der Waals surface area (Å²) in [6.45, 7) is 5.54. The van der Waals surface area contributed by atoms with Crippen LogP contribution in [0.3, 0.4) is 0 Å². The summed E-state index contributed by atoms with van der Waals surface area (Å²) in [6, 6.07) is 14.3. The van der Waals surface area contributed by atoms with Crippen molar-refractivity contribution < 1.29 is 4.79 Å². The molecule has 0 aliphatic rings. The number of carbonyl (C=O) groups is 1. The molecule has 3 aromatic rings. The highest BCUT2D eigenvalue weighted by molar-refractivity contribution is 5.94. The first kappa shape index (κ1) is 17.5. The zero-order valence-electron chi connectivity index (χ0n) is 14.9. The fourth-order valence-electron chi connectivity index (χ4n) is 2.67. The van der Waals surface area contributed by atoms with Crippen molar-refractivity contribution in [2.75, 3.05) is 5.32 Å². The van der Waals surface area contributed by atoms with Gasteiger partial charge in [-0.1, -0.05) is 48.0 Å². The molecule has 0 fully saturated rings. The third kappa shape index (κ3) is 3.69. The molecule has 26 heavy (non-hydrogen) atoms. The molecule has 6 nitrogen and oxygen atoms in total. The maximum atomic E-state index is 12.5. The Morgan fingerprint density at radius 3 is 2.50 bits per heavy atom. The SMILES string of the molecule is Cc1ccc(NC(=O)C(C)n2ncc(-c3ccccc3)nc2=O)c(C)c1. The largest absolute Gasteiger partial charge is 0.365 e. The molecule has 6 heteroatoms. The Hall–Kier alpha value is -3.28. The topological polar surface area (TPSA) is 76.9 Å². The van der Waals surface area contributed by atoms with Crippen LogP contribution in [0.4, 0.5) is 5.69 Å². The van der Waals surface area contributed by atoms with Gasteiger partial charge in [0, 0.05) is 11.3 Å². The third-order valence-corrected chi connectivity index (χ3v) is 4.17. The summed E-state index contributed by atoms with van der Waals surface area (Å²) in [7, 11) is 0. The van der Waals surface area contributed by atoms with Crippen molar-refractivity contribution in [2.24, 2.45) is 0 Å². The number of hydrogen-bond donors (Lipinski definition) is 1. The normalized spacial score (nSPS) is 11.8. The van der Waals surface area contributed by atoms with E-state index in [2.05, 4.69) is 15.4 Å². The van der Waals surface area contributed by atoms with E-state index in [-0.39, 0.29) is 5.91 Å².